The maximum absolute atomic E-state index is 12.6. The van der Waals surface area contributed by atoms with Gasteiger partial charge in [-0.25, -0.2) is 9.59 Å². The molecule has 176 valence electrons. The maximum Gasteiger partial charge on any atom is 0.407 e. The van der Waals surface area contributed by atoms with Gasteiger partial charge in [0.25, 0.3) is 0 Å². The van der Waals surface area contributed by atoms with Gasteiger partial charge in [0.1, 0.15) is 12.6 Å². The Kier molecular flexibility index (Phi) is 8.06. The molecule has 2 aromatic rings. The second kappa shape index (κ2) is 11.0. The first-order valence-corrected chi connectivity index (χ1v) is 11.2. The Balaban J connectivity index is 1.66. The second-order valence-corrected chi connectivity index (χ2v) is 8.23. The molecule has 3 atom stereocenters. The third-order valence-electron chi connectivity index (χ3n) is 5.84. The summed E-state index contributed by atoms with van der Waals surface area (Å²) in [7, 11) is 0. The lowest BCUT2D eigenvalue weighted by atomic mass is 9.98. The van der Waals surface area contributed by atoms with E-state index in [-0.39, 0.29) is 12.5 Å². The highest BCUT2D eigenvalue weighted by Gasteiger charge is 2.31. The third kappa shape index (κ3) is 5.70. The van der Waals surface area contributed by atoms with Gasteiger partial charge < -0.3 is 25.6 Å². The number of amides is 2. The van der Waals surface area contributed by atoms with Crippen molar-refractivity contribution in [2.75, 3.05) is 6.61 Å². The van der Waals surface area contributed by atoms with Crippen LogP contribution in [-0.2, 0) is 14.3 Å². The first kappa shape index (κ1) is 24.3. The molecular weight excluding hydrogens is 424 g/mol. The van der Waals surface area contributed by atoms with Crippen molar-refractivity contribution < 1.29 is 29.3 Å². The van der Waals surface area contributed by atoms with Crippen LogP contribution >= 0.6 is 0 Å². The van der Waals surface area contributed by atoms with Gasteiger partial charge in [-0.15, -0.1) is 0 Å². The number of carboxylic acids is 1. The van der Waals surface area contributed by atoms with Crippen LogP contribution in [0.15, 0.2) is 48.5 Å². The van der Waals surface area contributed by atoms with Gasteiger partial charge in [0.2, 0.25) is 5.91 Å². The number of unbranched alkanes of at least 4 members (excludes halogenated alkanes) is 1. The van der Waals surface area contributed by atoms with Gasteiger partial charge in [0, 0.05) is 5.92 Å². The number of alkyl carbamates (subject to hydrolysis) is 1. The highest BCUT2D eigenvalue weighted by atomic mass is 16.5. The number of hydrogen-bond acceptors (Lipinski definition) is 5. The zero-order chi connectivity index (χ0) is 24.0. The predicted molar refractivity (Wildman–Crippen MR) is 123 cm³/mol. The average Bonchev–Trinajstić information content (AvgIpc) is 3.12. The van der Waals surface area contributed by atoms with Crippen molar-refractivity contribution in [2.24, 2.45) is 0 Å². The van der Waals surface area contributed by atoms with E-state index in [2.05, 4.69) is 10.6 Å². The van der Waals surface area contributed by atoms with E-state index in [1.54, 1.807) is 0 Å². The summed E-state index contributed by atoms with van der Waals surface area (Å²) in [6.07, 6.45) is -0.286. The van der Waals surface area contributed by atoms with Crippen molar-refractivity contribution in [3.63, 3.8) is 0 Å². The molecule has 0 radical (unpaired) electrons. The van der Waals surface area contributed by atoms with Crippen LogP contribution in [0.1, 0.15) is 50.2 Å². The number of rotatable bonds is 10. The fraction of sp³-hybridized carbons (Fsp3) is 0.400. The van der Waals surface area contributed by atoms with Crippen LogP contribution in [0.25, 0.3) is 11.1 Å². The molecule has 33 heavy (non-hydrogen) atoms. The number of benzene rings is 2. The molecule has 1 aliphatic rings. The molecule has 0 aliphatic heterocycles. The third-order valence-corrected chi connectivity index (χ3v) is 5.84. The summed E-state index contributed by atoms with van der Waals surface area (Å²) >= 11 is 0. The molecule has 3 rings (SSSR count). The van der Waals surface area contributed by atoms with Gasteiger partial charge in [0.15, 0.2) is 6.04 Å². The summed E-state index contributed by atoms with van der Waals surface area (Å²) in [4.78, 5) is 36.5. The molecule has 0 bridgehead atoms. The monoisotopic (exact) mass is 454 g/mol. The van der Waals surface area contributed by atoms with Crippen LogP contribution in [0, 0.1) is 0 Å². The number of hydrogen-bond donors (Lipinski definition) is 4. The molecule has 1 aliphatic carbocycles. The standard InChI is InChI=1S/C25H30N2O6/c1-3-4-13-21(23(29)27-22(15(2)28)24(30)31)26-25(32)33-14-20-18-11-7-5-9-16(18)17-10-6-8-12-19(17)20/h5-12,15,20-22,28H,3-4,13-14H2,1-2H3,(H,26,32)(H,27,29)(H,30,31)/t15?,21-,22?/m0/s1. The van der Waals surface area contributed by atoms with Crippen LogP contribution in [-0.4, -0.2) is 53.0 Å². The van der Waals surface area contributed by atoms with Crippen LogP contribution in [0.2, 0.25) is 0 Å². The van der Waals surface area contributed by atoms with Crippen molar-refractivity contribution in [1.29, 1.82) is 0 Å². The minimum Gasteiger partial charge on any atom is -0.480 e. The summed E-state index contributed by atoms with van der Waals surface area (Å²) in [5.41, 5.74) is 4.38. The van der Waals surface area contributed by atoms with Gasteiger partial charge in [-0.2, -0.15) is 0 Å². The first-order valence-electron chi connectivity index (χ1n) is 11.2. The van der Waals surface area contributed by atoms with Crippen LogP contribution < -0.4 is 10.6 Å². The SMILES string of the molecule is CCCC[C@H](NC(=O)OCC1c2ccccc2-c2ccccc21)C(=O)NC(C(=O)O)C(C)O. The summed E-state index contributed by atoms with van der Waals surface area (Å²) in [6, 6.07) is 13.5. The number of aliphatic hydroxyl groups excluding tert-OH is 1. The van der Waals surface area contributed by atoms with Crippen molar-refractivity contribution in [1.82, 2.24) is 10.6 Å². The van der Waals surface area contributed by atoms with E-state index in [9.17, 15) is 24.6 Å². The normalized spacial score (nSPS) is 15.0. The minimum atomic E-state index is -1.47. The lowest BCUT2D eigenvalue weighted by molar-refractivity contribution is -0.145. The molecule has 2 amide bonds. The number of ether oxygens (including phenoxy) is 1. The molecule has 0 saturated carbocycles. The van der Waals surface area contributed by atoms with E-state index < -0.39 is 36.2 Å². The molecule has 0 heterocycles. The summed E-state index contributed by atoms with van der Waals surface area (Å²) in [5.74, 6) is -2.14. The maximum atomic E-state index is 12.6. The van der Waals surface area contributed by atoms with E-state index in [1.807, 2.05) is 55.5 Å². The van der Waals surface area contributed by atoms with Crippen molar-refractivity contribution in [3.8, 4) is 11.1 Å². The molecule has 2 unspecified atom stereocenters. The highest BCUT2D eigenvalue weighted by molar-refractivity contribution is 5.89. The molecule has 8 heteroatoms. The Morgan fingerprint density at radius 3 is 2.09 bits per heavy atom. The largest absolute Gasteiger partial charge is 0.480 e. The molecule has 2 aromatic carbocycles. The smallest absolute Gasteiger partial charge is 0.407 e. The van der Waals surface area contributed by atoms with Crippen LogP contribution in [0.4, 0.5) is 4.79 Å². The van der Waals surface area contributed by atoms with E-state index in [0.717, 1.165) is 28.7 Å². The first-order chi connectivity index (χ1) is 15.8. The molecular formula is C25H30N2O6. The Morgan fingerprint density at radius 2 is 1.58 bits per heavy atom. The number of carboxylic acid groups (broad SMARTS) is 1. The number of nitrogens with one attached hydrogen (secondary N) is 2. The van der Waals surface area contributed by atoms with Gasteiger partial charge in [-0.3, -0.25) is 4.79 Å². The van der Waals surface area contributed by atoms with Gasteiger partial charge in [-0.05, 0) is 35.6 Å². The Bertz CT molecular complexity index is 960. The lowest BCUT2D eigenvalue weighted by Gasteiger charge is -2.23. The highest BCUT2D eigenvalue weighted by Crippen LogP contribution is 2.44. The number of fused-ring (bicyclic) bond motifs is 3. The van der Waals surface area contributed by atoms with Crippen LogP contribution in [0.3, 0.4) is 0 Å². The zero-order valence-electron chi connectivity index (χ0n) is 18.8. The number of aliphatic hydroxyl groups is 1. The van der Waals surface area contributed by atoms with Gasteiger partial charge in [-0.1, -0.05) is 68.3 Å². The second-order valence-electron chi connectivity index (χ2n) is 8.23. The fourth-order valence-corrected chi connectivity index (χ4v) is 4.10. The predicted octanol–water partition coefficient (Wildman–Crippen LogP) is 3.03. The van der Waals surface area contributed by atoms with Crippen molar-refractivity contribution in [3.05, 3.63) is 59.7 Å². The van der Waals surface area contributed by atoms with E-state index >= 15 is 0 Å². The van der Waals surface area contributed by atoms with Crippen molar-refractivity contribution >= 4 is 18.0 Å². The molecule has 0 fully saturated rings. The van der Waals surface area contributed by atoms with Crippen molar-refractivity contribution in [2.45, 2.75) is 57.2 Å². The Morgan fingerprint density at radius 1 is 1.00 bits per heavy atom. The number of aliphatic carboxylic acids is 1. The minimum absolute atomic E-state index is 0.105. The topological polar surface area (TPSA) is 125 Å². The lowest BCUT2D eigenvalue weighted by Crippen LogP contribution is -2.54. The van der Waals surface area contributed by atoms with E-state index in [4.69, 9.17) is 4.74 Å². The molecule has 4 N–H and O–H groups in total. The number of carbonyl (C=O) groups excluding carboxylic acids is 2. The summed E-state index contributed by atoms with van der Waals surface area (Å²) in [5, 5.41) is 23.7. The zero-order valence-corrected chi connectivity index (χ0v) is 18.8. The summed E-state index contributed by atoms with van der Waals surface area (Å²) in [6.45, 7) is 3.32. The van der Waals surface area contributed by atoms with Gasteiger partial charge >= 0.3 is 12.1 Å². The number of carbonyl (C=O) groups is 3. The van der Waals surface area contributed by atoms with Gasteiger partial charge in [0.05, 0.1) is 6.10 Å². The van der Waals surface area contributed by atoms with E-state index in [0.29, 0.717) is 12.8 Å². The fourth-order valence-electron chi connectivity index (χ4n) is 4.10. The van der Waals surface area contributed by atoms with E-state index in [1.165, 1.54) is 6.92 Å². The Hall–Kier alpha value is -3.39. The Labute approximate surface area is 193 Å². The molecule has 0 spiro atoms. The molecule has 0 saturated heterocycles. The average molecular weight is 455 g/mol. The molecule has 0 aromatic heterocycles. The quantitative estimate of drug-likeness (QED) is 0.437. The van der Waals surface area contributed by atoms with Crippen LogP contribution in [0.5, 0.6) is 0 Å². The molecule has 8 nitrogen and oxygen atoms in total. The summed E-state index contributed by atoms with van der Waals surface area (Å²) < 4.78 is 5.50.